The second kappa shape index (κ2) is 7.60. The molecule has 7 heteroatoms. The quantitative estimate of drug-likeness (QED) is 0.642. The fraction of sp³-hybridized carbons (Fsp3) is 0.889. The predicted molar refractivity (Wildman–Crippen MR) is 94.7 cm³/mol. The molecular formula is C18H32N4O3. The molecule has 3 rings (SSSR count). The fourth-order valence-corrected chi connectivity index (χ4v) is 4.39. The van der Waals surface area contributed by atoms with E-state index in [-0.39, 0.29) is 18.4 Å². The number of hydrogen-bond donors (Lipinski definition) is 2. The molecular weight excluding hydrogens is 320 g/mol. The van der Waals surface area contributed by atoms with E-state index in [2.05, 4.69) is 16.8 Å². The summed E-state index contributed by atoms with van der Waals surface area (Å²) in [5.74, 6) is -0.155. The molecule has 0 unspecified atom stereocenters. The number of nitrogens with zero attached hydrogens (tertiary/aromatic N) is 3. The number of primary amides is 1. The summed E-state index contributed by atoms with van der Waals surface area (Å²) in [5, 5.41) is 9.67. The molecule has 2 aliphatic heterocycles. The van der Waals surface area contributed by atoms with Gasteiger partial charge >= 0.3 is 0 Å². The molecule has 0 aromatic rings. The van der Waals surface area contributed by atoms with Gasteiger partial charge in [0.25, 0.3) is 0 Å². The Morgan fingerprint density at radius 1 is 1.12 bits per heavy atom. The van der Waals surface area contributed by atoms with Crippen LogP contribution >= 0.6 is 0 Å². The molecule has 2 atom stereocenters. The van der Waals surface area contributed by atoms with Crippen molar-refractivity contribution in [3.63, 3.8) is 0 Å². The first-order valence-electron chi connectivity index (χ1n) is 9.55. The third-order valence-electron chi connectivity index (χ3n) is 6.13. The highest BCUT2D eigenvalue weighted by Gasteiger charge is 2.57. The number of carbonyl (C=O) groups excluding carboxylic acids is 2. The molecule has 25 heavy (non-hydrogen) atoms. The molecule has 2 saturated heterocycles. The van der Waals surface area contributed by atoms with E-state index in [4.69, 9.17) is 5.73 Å². The van der Waals surface area contributed by atoms with Crippen LogP contribution in [0.5, 0.6) is 0 Å². The highest BCUT2D eigenvalue weighted by Crippen LogP contribution is 2.47. The lowest BCUT2D eigenvalue weighted by Crippen LogP contribution is -2.52. The van der Waals surface area contributed by atoms with Crippen LogP contribution in [0.25, 0.3) is 0 Å². The van der Waals surface area contributed by atoms with Crippen LogP contribution in [0.1, 0.15) is 25.7 Å². The van der Waals surface area contributed by atoms with Crippen LogP contribution in [0.4, 0.5) is 0 Å². The molecule has 0 aromatic heterocycles. The maximum Gasteiger partial charge on any atom is 0.238 e. The Bertz CT molecular complexity index is 509. The van der Waals surface area contributed by atoms with Gasteiger partial charge in [-0.1, -0.05) is 0 Å². The van der Waals surface area contributed by atoms with E-state index < -0.39 is 11.3 Å². The average Bonchev–Trinajstić information content (AvgIpc) is 3.41. The SMILES string of the molecule is CN1CCCN(C[C@H]2C[C@@H](CO)CN(C(=O)C3(C(N)=O)CC3)C2)CC1. The number of nitrogens with two attached hydrogens (primary N) is 1. The number of rotatable bonds is 5. The zero-order valence-electron chi connectivity index (χ0n) is 15.3. The predicted octanol–water partition coefficient (Wildman–Crippen LogP) is -0.654. The molecule has 3 aliphatic rings. The molecule has 2 heterocycles. The van der Waals surface area contributed by atoms with Crippen molar-refractivity contribution in [3.8, 4) is 0 Å². The molecule has 0 spiro atoms. The van der Waals surface area contributed by atoms with Crippen molar-refractivity contribution in [1.82, 2.24) is 14.7 Å². The number of hydrogen-bond acceptors (Lipinski definition) is 5. The Morgan fingerprint density at radius 3 is 2.48 bits per heavy atom. The van der Waals surface area contributed by atoms with Gasteiger partial charge in [0.2, 0.25) is 11.8 Å². The summed E-state index contributed by atoms with van der Waals surface area (Å²) in [4.78, 5) is 31.2. The maximum atomic E-state index is 12.8. The summed E-state index contributed by atoms with van der Waals surface area (Å²) in [6.07, 6.45) is 3.26. The summed E-state index contributed by atoms with van der Waals surface area (Å²) in [7, 11) is 2.16. The molecule has 1 aliphatic carbocycles. The van der Waals surface area contributed by atoms with E-state index in [9.17, 15) is 14.7 Å². The molecule has 0 bridgehead atoms. The summed E-state index contributed by atoms with van der Waals surface area (Å²) < 4.78 is 0. The third-order valence-corrected chi connectivity index (χ3v) is 6.13. The van der Waals surface area contributed by atoms with Gasteiger partial charge in [-0.2, -0.15) is 0 Å². The van der Waals surface area contributed by atoms with Crippen molar-refractivity contribution in [2.45, 2.75) is 25.7 Å². The van der Waals surface area contributed by atoms with E-state index in [1.54, 1.807) is 4.90 Å². The van der Waals surface area contributed by atoms with Crippen LogP contribution in [-0.2, 0) is 9.59 Å². The van der Waals surface area contributed by atoms with Gasteiger partial charge in [-0.25, -0.2) is 0 Å². The van der Waals surface area contributed by atoms with E-state index in [0.717, 1.165) is 39.1 Å². The zero-order valence-corrected chi connectivity index (χ0v) is 15.3. The van der Waals surface area contributed by atoms with Gasteiger partial charge in [-0.05, 0) is 57.7 Å². The monoisotopic (exact) mass is 352 g/mol. The van der Waals surface area contributed by atoms with Gasteiger partial charge in [-0.15, -0.1) is 0 Å². The van der Waals surface area contributed by atoms with Crippen LogP contribution in [0.2, 0.25) is 0 Å². The number of aliphatic hydroxyl groups is 1. The number of likely N-dealkylation sites (N-methyl/N-ethyl adjacent to an activating group) is 1. The standard InChI is InChI=1S/C18H32N4O3/c1-20-5-2-6-21(8-7-20)10-14-9-15(13-23)12-22(11-14)17(25)18(3-4-18)16(19)24/h14-15,23H,2-13H2,1H3,(H2,19,24)/t14-,15-/m1/s1. The van der Waals surface area contributed by atoms with Gasteiger partial charge in [0, 0.05) is 39.3 Å². The lowest BCUT2D eigenvalue weighted by Gasteiger charge is -2.40. The van der Waals surface area contributed by atoms with Crippen molar-refractivity contribution in [2.24, 2.45) is 23.0 Å². The minimum Gasteiger partial charge on any atom is -0.396 e. The molecule has 3 fully saturated rings. The van der Waals surface area contributed by atoms with E-state index in [1.807, 2.05) is 0 Å². The maximum absolute atomic E-state index is 12.8. The van der Waals surface area contributed by atoms with Gasteiger partial charge < -0.3 is 25.5 Å². The Hall–Kier alpha value is -1.18. The highest BCUT2D eigenvalue weighted by atomic mass is 16.3. The van der Waals surface area contributed by atoms with Crippen molar-refractivity contribution >= 4 is 11.8 Å². The van der Waals surface area contributed by atoms with Crippen LogP contribution < -0.4 is 5.73 Å². The molecule has 7 nitrogen and oxygen atoms in total. The van der Waals surface area contributed by atoms with Crippen molar-refractivity contribution in [3.05, 3.63) is 0 Å². The van der Waals surface area contributed by atoms with Gasteiger partial charge in [0.05, 0.1) is 0 Å². The minimum atomic E-state index is -0.951. The molecule has 0 radical (unpaired) electrons. The lowest BCUT2D eigenvalue weighted by molar-refractivity contribution is -0.145. The van der Waals surface area contributed by atoms with Crippen LogP contribution in [0.15, 0.2) is 0 Å². The zero-order chi connectivity index (χ0) is 18.0. The Morgan fingerprint density at radius 2 is 1.84 bits per heavy atom. The minimum absolute atomic E-state index is 0.0899. The fourth-order valence-electron chi connectivity index (χ4n) is 4.39. The summed E-state index contributed by atoms with van der Waals surface area (Å²) in [6, 6.07) is 0. The molecule has 142 valence electrons. The number of aliphatic hydroxyl groups excluding tert-OH is 1. The number of amides is 2. The van der Waals surface area contributed by atoms with Crippen molar-refractivity contribution in [2.75, 3.05) is 59.5 Å². The van der Waals surface area contributed by atoms with Crippen LogP contribution in [0.3, 0.4) is 0 Å². The second-order valence-corrected chi connectivity index (χ2v) is 8.26. The number of piperidine rings is 1. The smallest absolute Gasteiger partial charge is 0.238 e. The molecule has 0 aromatic carbocycles. The largest absolute Gasteiger partial charge is 0.396 e. The van der Waals surface area contributed by atoms with Crippen molar-refractivity contribution < 1.29 is 14.7 Å². The second-order valence-electron chi connectivity index (χ2n) is 8.26. The average molecular weight is 352 g/mol. The van der Waals surface area contributed by atoms with Gasteiger partial charge in [-0.3, -0.25) is 9.59 Å². The summed E-state index contributed by atoms with van der Waals surface area (Å²) in [5.41, 5.74) is 4.52. The summed E-state index contributed by atoms with van der Waals surface area (Å²) in [6.45, 7) is 6.61. The Labute approximate surface area is 150 Å². The van der Waals surface area contributed by atoms with E-state index in [1.165, 1.54) is 6.42 Å². The lowest BCUT2D eigenvalue weighted by atomic mass is 9.88. The Balaban J connectivity index is 1.62. The topological polar surface area (TPSA) is 90.1 Å². The van der Waals surface area contributed by atoms with Gasteiger partial charge in [0.1, 0.15) is 5.41 Å². The van der Waals surface area contributed by atoms with E-state index in [0.29, 0.717) is 31.8 Å². The third kappa shape index (κ3) is 4.15. The first-order chi connectivity index (χ1) is 11.9. The highest BCUT2D eigenvalue weighted by molar-refractivity contribution is 6.07. The molecule has 2 amide bonds. The first-order valence-corrected chi connectivity index (χ1v) is 9.55. The van der Waals surface area contributed by atoms with Gasteiger partial charge in [0.15, 0.2) is 0 Å². The number of likely N-dealkylation sites (tertiary alicyclic amines) is 1. The normalized spacial score (nSPS) is 30.7. The number of carbonyl (C=O) groups is 2. The van der Waals surface area contributed by atoms with E-state index >= 15 is 0 Å². The summed E-state index contributed by atoms with van der Waals surface area (Å²) >= 11 is 0. The first kappa shape index (κ1) is 18.6. The Kier molecular flexibility index (Phi) is 5.65. The van der Waals surface area contributed by atoms with Crippen LogP contribution in [0, 0.1) is 17.3 Å². The molecule has 3 N–H and O–H groups in total. The molecule has 1 saturated carbocycles. The van der Waals surface area contributed by atoms with Crippen LogP contribution in [-0.4, -0.2) is 91.1 Å². The van der Waals surface area contributed by atoms with Crippen molar-refractivity contribution in [1.29, 1.82) is 0 Å².